The summed E-state index contributed by atoms with van der Waals surface area (Å²) in [7, 11) is 2.06. The van der Waals surface area contributed by atoms with Crippen LogP contribution in [0.2, 0.25) is 5.02 Å². The zero-order valence-electron chi connectivity index (χ0n) is 18.8. The molecule has 1 saturated heterocycles. The summed E-state index contributed by atoms with van der Waals surface area (Å²) >= 11 is 6.24. The monoisotopic (exact) mass is 482 g/mol. The van der Waals surface area contributed by atoms with E-state index in [9.17, 15) is 19.3 Å². The van der Waals surface area contributed by atoms with Gasteiger partial charge in [-0.2, -0.15) is 0 Å². The topological polar surface area (TPSA) is 78.7 Å². The molecule has 34 heavy (non-hydrogen) atoms. The number of piperazine rings is 1. The van der Waals surface area contributed by atoms with Crippen molar-refractivity contribution in [3.05, 3.63) is 86.7 Å². The Labute approximate surface area is 201 Å². The molecule has 7 nitrogen and oxygen atoms in total. The van der Waals surface area contributed by atoms with Gasteiger partial charge in [-0.25, -0.2) is 4.39 Å². The Balaban J connectivity index is 1.69. The van der Waals surface area contributed by atoms with Crippen molar-refractivity contribution in [2.75, 3.05) is 43.4 Å². The van der Waals surface area contributed by atoms with Crippen molar-refractivity contribution in [2.24, 2.45) is 0 Å². The van der Waals surface area contributed by atoms with Crippen LogP contribution in [-0.4, -0.2) is 49.0 Å². The molecular weight excluding hydrogens is 459 g/mol. The number of nitrogens with zero attached hydrogens (tertiary/aromatic N) is 3. The third-order valence-corrected chi connectivity index (χ3v) is 6.55. The quantitative estimate of drug-likeness (QED) is 0.391. The first kappa shape index (κ1) is 23.7. The highest BCUT2D eigenvalue weighted by atomic mass is 35.5. The number of non-ortho nitro benzene ring substituents is 1. The van der Waals surface area contributed by atoms with Gasteiger partial charge in [-0.15, -0.1) is 0 Å². The van der Waals surface area contributed by atoms with E-state index < -0.39 is 16.6 Å². The molecule has 9 heteroatoms. The van der Waals surface area contributed by atoms with E-state index in [4.69, 9.17) is 11.6 Å². The van der Waals surface area contributed by atoms with Crippen molar-refractivity contribution in [3.63, 3.8) is 0 Å². The maximum absolute atomic E-state index is 13.8. The average molecular weight is 483 g/mol. The lowest BCUT2D eigenvalue weighted by Gasteiger charge is -2.35. The van der Waals surface area contributed by atoms with Gasteiger partial charge in [0.25, 0.3) is 11.6 Å². The first-order valence-electron chi connectivity index (χ1n) is 10.8. The van der Waals surface area contributed by atoms with Crippen molar-refractivity contribution >= 4 is 34.6 Å². The molecule has 176 valence electrons. The summed E-state index contributed by atoms with van der Waals surface area (Å²) in [6, 6.07) is 14.6. The van der Waals surface area contributed by atoms with Gasteiger partial charge in [0.05, 0.1) is 26.9 Å². The van der Waals surface area contributed by atoms with Crippen LogP contribution in [0.4, 0.5) is 21.5 Å². The molecule has 1 aliphatic rings. The Kier molecular flexibility index (Phi) is 6.81. The number of hydrogen-bond donors (Lipinski definition) is 1. The molecule has 0 aliphatic carbocycles. The number of hydrogen-bond acceptors (Lipinski definition) is 5. The number of rotatable bonds is 5. The van der Waals surface area contributed by atoms with Crippen LogP contribution in [0.5, 0.6) is 0 Å². The Morgan fingerprint density at radius 2 is 1.68 bits per heavy atom. The van der Waals surface area contributed by atoms with E-state index in [1.54, 1.807) is 12.1 Å². The van der Waals surface area contributed by atoms with Gasteiger partial charge in [-0.1, -0.05) is 17.7 Å². The van der Waals surface area contributed by atoms with E-state index in [1.165, 1.54) is 31.2 Å². The van der Waals surface area contributed by atoms with Crippen molar-refractivity contribution in [1.82, 2.24) is 4.90 Å². The van der Waals surface area contributed by atoms with E-state index in [0.717, 1.165) is 43.0 Å². The van der Waals surface area contributed by atoms with Crippen LogP contribution in [0.15, 0.2) is 54.6 Å². The number of nitro groups is 1. The third-order valence-electron chi connectivity index (χ3n) is 6.07. The highest BCUT2D eigenvalue weighted by molar-refractivity contribution is 6.35. The van der Waals surface area contributed by atoms with Crippen LogP contribution >= 0.6 is 11.6 Å². The fraction of sp³-hybridized carbons (Fsp3) is 0.240. The van der Waals surface area contributed by atoms with Crippen LogP contribution in [-0.2, 0) is 0 Å². The molecule has 4 rings (SSSR count). The van der Waals surface area contributed by atoms with Gasteiger partial charge in [-0.05, 0) is 61.5 Å². The number of nitro benzene ring substituents is 1. The lowest BCUT2D eigenvalue weighted by molar-refractivity contribution is -0.384. The summed E-state index contributed by atoms with van der Waals surface area (Å²) in [5.41, 5.74) is 3.60. The standard InChI is InChI=1S/C25H24ClFN4O3/c1-16-21(27)9-8-20(24(16)26)25(32)28-22-10-5-18(17-3-6-19(7-4-17)31(33)34)15-23(22)30-13-11-29(2)12-14-30/h3-10,15H,11-14H2,1-2H3,(H,28,32). The molecule has 0 bridgehead atoms. The van der Waals surface area contributed by atoms with Crippen LogP contribution in [0.25, 0.3) is 11.1 Å². The molecule has 3 aromatic carbocycles. The predicted octanol–water partition coefficient (Wildman–Crippen LogP) is 5.37. The van der Waals surface area contributed by atoms with Gasteiger partial charge in [-0.3, -0.25) is 14.9 Å². The highest BCUT2D eigenvalue weighted by Crippen LogP contribution is 2.34. The minimum Gasteiger partial charge on any atom is -0.367 e. The first-order chi connectivity index (χ1) is 16.2. The van der Waals surface area contributed by atoms with E-state index in [1.807, 2.05) is 18.2 Å². The van der Waals surface area contributed by atoms with Crippen LogP contribution < -0.4 is 10.2 Å². The van der Waals surface area contributed by atoms with Crippen LogP contribution in [0.3, 0.4) is 0 Å². The lowest BCUT2D eigenvalue weighted by Crippen LogP contribution is -2.44. The van der Waals surface area contributed by atoms with Gasteiger partial charge < -0.3 is 15.1 Å². The summed E-state index contributed by atoms with van der Waals surface area (Å²) in [5.74, 6) is -0.890. The second kappa shape index (κ2) is 9.79. The molecule has 3 aromatic rings. The third kappa shape index (κ3) is 4.88. The number of carbonyl (C=O) groups is 1. The molecule has 0 atom stereocenters. The zero-order valence-corrected chi connectivity index (χ0v) is 19.6. The minimum absolute atomic E-state index is 0.0263. The summed E-state index contributed by atoms with van der Waals surface area (Å²) in [4.78, 5) is 28.0. The average Bonchev–Trinajstić information content (AvgIpc) is 2.83. The van der Waals surface area contributed by atoms with Gasteiger partial charge >= 0.3 is 0 Å². The summed E-state index contributed by atoms with van der Waals surface area (Å²) in [6.07, 6.45) is 0. The maximum atomic E-state index is 13.8. The molecule has 1 aliphatic heterocycles. The molecule has 1 N–H and O–H groups in total. The van der Waals surface area contributed by atoms with Gasteiger partial charge in [0.15, 0.2) is 0 Å². The molecule has 0 saturated carbocycles. The lowest BCUT2D eigenvalue weighted by atomic mass is 10.0. The first-order valence-corrected chi connectivity index (χ1v) is 11.2. The number of likely N-dealkylation sites (N-methyl/N-ethyl adjacent to an activating group) is 1. The normalized spacial score (nSPS) is 14.2. The Morgan fingerprint density at radius 3 is 2.32 bits per heavy atom. The molecule has 1 heterocycles. The minimum atomic E-state index is -0.466. The van der Waals surface area contributed by atoms with Crippen molar-refractivity contribution in [1.29, 1.82) is 0 Å². The number of nitrogens with one attached hydrogen (secondary N) is 1. The van der Waals surface area contributed by atoms with E-state index in [0.29, 0.717) is 5.69 Å². The molecule has 0 spiro atoms. The maximum Gasteiger partial charge on any atom is 0.269 e. The van der Waals surface area contributed by atoms with Gasteiger partial charge in [0, 0.05) is 43.9 Å². The van der Waals surface area contributed by atoms with Crippen molar-refractivity contribution in [3.8, 4) is 11.1 Å². The largest absolute Gasteiger partial charge is 0.367 e. The smallest absolute Gasteiger partial charge is 0.269 e. The molecule has 0 radical (unpaired) electrons. The number of carbonyl (C=O) groups excluding carboxylic acids is 1. The summed E-state index contributed by atoms with van der Waals surface area (Å²) in [5, 5.41) is 14.0. The van der Waals surface area contributed by atoms with Crippen molar-refractivity contribution in [2.45, 2.75) is 6.92 Å². The number of amides is 1. The molecule has 1 fully saturated rings. The summed E-state index contributed by atoms with van der Waals surface area (Å²) < 4.78 is 13.8. The SMILES string of the molecule is Cc1c(F)ccc(C(=O)Nc2ccc(-c3ccc([N+](=O)[O-])cc3)cc2N2CCN(C)CC2)c1Cl. The number of halogens is 2. The zero-order chi connectivity index (χ0) is 24.4. The predicted molar refractivity (Wildman–Crippen MR) is 132 cm³/mol. The number of anilines is 2. The Hall–Kier alpha value is -3.49. The second-order valence-corrected chi connectivity index (χ2v) is 8.69. The van der Waals surface area contributed by atoms with Gasteiger partial charge in [0.1, 0.15) is 5.82 Å². The molecule has 0 unspecified atom stereocenters. The fourth-order valence-corrected chi connectivity index (χ4v) is 4.17. The second-order valence-electron chi connectivity index (χ2n) is 8.31. The van der Waals surface area contributed by atoms with E-state index >= 15 is 0 Å². The number of benzene rings is 3. The molecule has 0 aromatic heterocycles. The van der Waals surface area contributed by atoms with Gasteiger partial charge in [0.2, 0.25) is 0 Å². The fourth-order valence-electron chi connectivity index (χ4n) is 3.93. The Morgan fingerprint density at radius 1 is 1.03 bits per heavy atom. The van der Waals surface area contributed by atoms with E-state index in [2.05, 4.69) is 22.2 Å². The highest BCUT2D eigenvalue weighted by Gasteiger charge is 2.21. The van der Waals surface area contributed by atoms with Crippen LogP contribution in [0.1, 0.15) is 15.9 Å². The summed E-state index contributed by atoms with van der Waals surface area (Å²) in [6.45, 7) is 4.83. The van der Waals surface area contributed by atoms with E-state index in [-0.39, 0.29) is 21.8 Å². The molecule has 1 amide bonds. The Bertz CT molecular complexity index is 1240. The molecular formula is C25H24ClFN4O3. The van der Waals surface area contributed by atoms with Crippen LogP contribution in [0, 0.1) is 22.9 Å². The van der Waals surface area contributed by atoms with Crippen molar-refractivity contribution < 1.29 is 14.1 Å².